The first-order valence-electron chi connectivity index (χ1n) is 7.03. The Morgan fingerprint density at radius 1 is 1.22 bits per heavy atom. The van der Waals surface area contributed by atoms with Crippen LogP contribution in [0.3, 0.4) is 0 Å². The lowest BCUT2D eigenvalue weighted by Crippen LogP contribution is -2.24. The van der Waals surface area contributed by atoms with E-state index in [4.69, 9.17) is 4.74 Å². The summed E-state index contributed by atoms with van der Waals surface area (Å²) in [6, 6.07) is 7.31. The number of rotatable bonds is 4. The van der Waals surface area contributed by atoms with E-state index in [1.807, 2.05) is 0 Å². The Kier molecular flexibility index (Phi) is 4.79. The number of aryl methyl sites for hydroxylation is 2. The second kappa shape index (κ2) is 6.35. The molecule has 100 valence electrons. The Hall–Kier alpha value is -0.860. The van der Waals surface area contributed by atoms with Crippen molar-refractivity contribution in [2.45, 2.75) is 39.2 Å². The molecule has 1 heterocycles. The van der Waals surface area contributed by atoms with Crippen LogP contribution in [0, 0.1) is 19.8 Å². The third-order valence-corrected chi connectivity index (χ3v) is 4.19. The van der Waals surface area contributed by atoms with Crippen molar-refractivity contribution in [1.82, 2.24) is 5.32 Å². The molecule has 0 amide bonds. The maximum absolute atomic E-state index is 5.44. The van der Waals surface area contributed by atoms with Crippen molar-refractivity contribution in [3.8, 4) is 0 Å². The Morgan fingerprint density at radius 3 is 2.56 bits per heavy atom. The highest BCUT2D eigenvalue weighted by atomic mass is 16.5. The molecule has 0 radical (unpaired) electrons. The third kappa shape index (κ3) is 3.33. The molecule has 1 atom stereocenters. The molecule has 2 heteroatoms. The second-order valence-corrected chi connectivity index (χ2v) is 5.48. The van der Waals surface area contributed by atoms with E-state index in [1.54, 1.807) is 0 Å². The van der Waals surface area contributed by atoms with E-state index in [-0.39, 0.29) is 0 Å². The SMILES string of the molecule is CNC(CC1CCOCC1)c1ccc(C)c(C)c1. The van der Waals surface area contributed by atoms with Gasteiger partial charge in [-0.25, -0.2) is 0 Å². The Balaban J connectivity index is 2.04. The van der Waals surface area contributed by atoms with E-state index >= 15 is 0 Å². The summed E-state index contributed by atoms with van der Waals surface area (Å²) in [7, 11) is 2.07. The lowest BCUT2D eigenvalue weighted by molar-refractivity contribution is 0.0608. The molecule has 1 aliphatic rings. The highest BCUT2D eigenvalue weighted by molar-refractivity contribution is 5.31. The fraction of sp³-hybridized carbons (Fsp3) is 0.625. The van der Waals surface area contributed by atoms with Crippen molar-refractivity contribution in [1.29, 1.82) is 0 Å². The highest BCUT2D eigenvalue weighted by Gasteiger charge is 2.19. The molecular formula is C16H25NO. The fourth-order valence-corrected chi connectivity index (χ4v) is 2.72. The van der Waals surface area contributed by atoms with E-state index in [1.165, 1.54) is 36.0 Å². The summed E-state index contributed by atoms with van der Waals surface area (Å²) in [6.45, 7) is 6.24. The molecule has 18 heavy (non-hydrogen) atoms. The van der Waals surface area contributed by atoms with Crippen LogP contribution < -0.4 is 5.32 Å². The van der Waals surface area contributed by atoms with Crippen molar-refractivity contribution in [2.24, 2.45) is 5.92 Å². The lowest BCUT2D eigenvalue weighted by Gasteiger charge is -2.27. The van der Waals surface area contributed by atoms with Gasteiger partial charge in [-0.2, -0.15) is 0 Å². The van der Waals surface area contributed by atoms with Crippen molar-refractivity contribution < 1.29 is 4.74 Å². The molecule has 1 saturated heterocycles. The molecular weight excluding hydrogens is 222 g/mol. The Labute approximate surface area is 111 Å². The summed E-state index contributed by atoms with van der Waals surface area (Å²) in [4.78, 5) is 0. The van der Waals surface area contributed by atoms with Crippen LogP contribution in [0.5, 0.6) is 0 Å². The zero-order valence-electron chi connectivity index (χ0n) is 11.8. The predicted molar refractivity (Wildman–Crippen MR) is 75.9 cm³/mol. The first-order valence-corrected chi connectivity index (χ1v) is 7.03. The molecule has 0 aromatic heterocycles. The van der Waals surface area contributed by atoms with Crippen LogP contribution in [0.2, 0.25) is 0 Å². The number of hydrogen-bond acceptors (Lipinski definition) is 2. The molecule has 2 rings (SSSR count). The molecule has 1 fully saturated rings. The second-order valence-electron chi connectivity index (χ2n) is 5.48. The summed E-state index contributed by atoms with van der Waals surface area (Å²) in [5.41, 5.74) is 4.19. The van der Waals surface area contributed by atoms with Crippen LogP contribution in [0.4, 0.5) is 0 Å². The minimum absolute atomic E-state index is 0.479. The fourth-order valence-electron chi connectivity index (χ4n) is 2.72. The minimum atomic E-state index is 0.479. The summed E-state index contributed by atoms with van der Waals surface area (Å²) >= 11 is 0. The monoisotopic (exact) mass is 247 g/mol. The van der Waals surface area contributed by atoms with Crippen LogP contribution in [-0.4, -0.2) is 20.3 Å². The van der Waals surface area contributed by atoms with E-state index in [2.05, 4.69) is 44.4 Å². The van der Waals surface area contributed by atoms with E-state index in [0.717, 1.165) is 19.1 Å². The van der Waals surface area contributed by atoms with Gasteiger partial charge in [-0.05, 0) is 62.8 Å². The van der Waals surface area contributed by atoms with Gasteiger partial charge >= 0.3 is 0 Å². The lowest BCUT2D eigenvalue weighted by atomic mass is 9.88. The van der Waals surface area contributed by atoms with Crippen molar-refractivity contribution in [2.75, 3.05) is 20.3 Å². The van der Waals surface area contributed by atoms with E-state index in [9.17, 15) is 0 Å². The molecule has 0 spiro atoms. The number of nitrogens with one attached hydrogen (secondary N) is 1. The Morgan fingerprint density at radius 2 is 1.94 bits per heavy atom. The summed E-state index contributed by atoms with van der Waals surface area (Å²) in [5, 5.41) is 3.47. The van der Waals surface area contributed by atoms with Gasteiger partial charge in [0.25, 0.3) is 0 Å². The third-order valence-electron chi connectivity index (χ3n) is 4.19. The summed E-state index contributed by atoms with van der Waals surface area (Å²) in [5.74, 6) is 0.804. The zero-order valence-corrected chi connectivity index (χ0v) is 11.8. The molecule has 1 aliphatic heterocycles. The first-order chi connectivity index (χ1) is 8.70. The quantitative estimate of drug-likeness (QED) is 0.880. The molecule has 0 saturated carbocycles. The smallest absolute Gasteiger partial charge is 0.0468 e. The van der Waals surface area contributed by atoms with Crippen LogP contribution in [-0.2, 0) is 4.74 Å². The molecule has 1 aromatic carbocycles. The average Bonchev–Trinajstić information content (AvgIpc) is 2.40. The van der Waals surface area contributed by atoms with Gasteiger partial charge in [0, 0.05) is 19.3 Å². The molecule has 0 bridgehead atoms. The number of ether oxygens (including phenoxy) is 1. The maximum atomic E-state index is 5.44. The molecule has 0 aliphatic carbocycles. The van der Waals surface area contributed by atoms with Crippen LogP contribution in [0.25, 0.3) is 0 Å². The van der Waals surface area contributed by atoms with E-state index < -0.39 is 0 Å². The van der Waals surface area contributed by atoms with Gasteiger partial charge in [-0.1, -0.05) is 18.2 Å². The largest absolute Gasteiger partial charge is 0.381 e. The topological polar surface area (TPSA) is 21.3 Å². The summed E-state index contributed by atoms with van der Waals surface area (Å²) < 4.78 is 5.44. The van der Waals surface area contributed by atoms with Gasteiger partial charge in [0.15, 0.2) is 0 Å². The number of hydrogen-bond donors (Lipinski definition) is 1. The van der Waals surface area contributed by atoms with Gasteiger partial charge < -0.3 is 10.1 Å². The highest BCUT2D eigenvalue weighted by Crippen LogP contribution is 2.28. The molecule has 1 N–H and O–H groups in total. The van der Waals surface area contributed by atoms with Crippen molar-refractivity contribution in [3.63, 3.8) is 0 Å². The van der Waals surface area contributed by atoms with Crippen LogP contribution >= 0.6 is 0 Å². The van der Waals surface area contributed by atoms with Crippen molar-refractivity contribution >= 4 is 0 Å². The maximum Gasteiger partial charge on any atom is 0.0468 e. The summed E-state index contributed by atoms with van der Waals surface area (Å²) in [6.07, 6.45) is 3.65. The van der Waals surface area contributed by atoms with Gasteiger partial charge in [0.05, 0.1) is 0 Å². The normalized spacial score (nSPS) is 18.8. The average molecular weight is 247 g/mol. The van der Waals surface area contributed by atoms with Gasteiger partial charge in [-0.3, -0.25) is 0 Å². The molecule has 1 unspecified atom stereocenters. The Bertz CT molecular complexity index is 383. The van der Waals surface area contributed by atoms with Crippen LogP contribution in [0.1, 0.15) is 42.0 Å². The zero-order chi connectivity index (χ0) is 13.0. The van der Waals surface area contributed by atoms with Gasteiger partial charge in [0.1, 0.15) is 0 Å². The van der Waals surface area contributed by atoms with Crippen molar-refractivity contribution in [3.05, 3.63) is 34.9 Å². The van der Waals surface area contributed by atoms with Gasteiger partial charge in [0.2, 0.25) is 0 Å². The molecule has 1 aromatic rings. The predicted octanol–water partition coefficient (Wildman–Crippen LogP) is 3.38. The standard InChI is InChI=1S/C16H25NO/c1-12-4-5-15(10-13(12)2)16(17-3)11-14-6-8-18-9-7-14/h4-5,10,14,16-17H,6-9,11H2,1-3H3. The molecule has 2 nitrogen and oxygen atoms in total. The first kappa shape index (κ1) is 13.6. The minimum Gasteiger partial charge on any atom is -0.381 e. The van der Waals surface area contributed by atoms with Gasteiger partial charge in [-0.15, -0.1) is 0 Å². The number of benzene rings is 1. The van der Waals surface area contributed by atoms with E-state index in [0.29, 0.717) is 6.04 Å². The van der Waals surface area contributed by atoms with Crippen LogP contribution in [0.15, 0.2) is 18.2 Å².